The summed E-state index contributed by atoms with van der Waals surface area (Å²) >= 11 is 0. The zero-order chi connectivity index (χ0) is 13.3. The summed E-state index contributed by atoms with van der Waals surface area (Å²) in [6.07, 6.45) is -2.99. The van der Waals surface area contributed by atoms with Crippen molar-refractivity contribution < 1.29 is 13.2 Å². The third-order valence-electron chi connectivity index (χ3n) is 2.33. The summed E-state index contributed by atoms with van der Waals surface area (Å²) < 4.78 is 38.1. The SMILES string of the molecule is CC(CC(C)(N)C#N)n1ccc(C(F)(F)F)n1. The molecule has 94 valence electrons. The van der Waals surface area contributed by atoms with Gasteiger partial charge < -0.3 is 5.73 Å². The molecule has 2 unspecified atom stereocenters. The van der Waals surface area contributed by atoms with Crippen LogP contribution < -0.4 is 5.73 Å². The molecule has 0 saturated carbocycles. The third kappa shape index (κ3) is 3.46. The van der Waals surface area contributed by atoms with Gasteiger partial charge in [-0.2, -0.15) is 23.5 Å². The highest BCUT2D eigenvalue weighted by atomic mass is 19.4. The molecule has 0 amide bonds. The maximum absolute atomic E-state index is 12.3. The van der Waals surface area contributed by atoms with Crippen molar-refractivity contribution in [2.24, 2.45) is 5.73 Å². The van der Waals surface area contributed by atoms with Gasteiger partial charge in [0.2, 0.25) is 0 Å². The van der Waals surface area contributed by atoms with Crippen molar-refractivity contribution in [2.75, 3.05) is 0 Å². The molecule has 1 heterocycles. The third-order valence-corrected chi connectivity index (χ3v) is 2.33. The van der Waals surface area contributed by atoms with Crippen LogP contribution in [0.5, 0.6) is 0 Å². The maximum atomic E-state index is 12.3. The van der Waals surface area contributed by atoms with Crippen molar-refractivity contribution >= 4 is 0 Å². The molecule has 1 aromatic rings. The number of rotatable bonds is 3. The van der Waals surface area contributed by atoms with Gasteiger partial charge in [0.15, 0.2) is 5.69 Å². The molecular formula is C10H13F3N4. The molecule has 0 fully saturated rings. The maximum Gasteiger partial charge on any atom is 0.435 e. The summed E-state index contributed by atoms with van der Waals surface area (Å²) in [5.74, 6) is 0. The normalized spacial score (nSPS) is 17.2. The zero-order valence-corrected chi connectivity index (χ0v) is 9.49. The number of halogens is 3. The van der Waals surface area contributed by atoms with Crippen LogP contribution in [-0.4, -0.2) is 15.3 Å². The number of alkyl halides is 3. The fraction of sp³-hybridized carbons (Fsp3) is 0.600. The number of hydrogen-bond donors (Lipinski definition) is 1. The van der Waals surface area contributed by atoms with E-state index in [0.29, 0.717) is 0 Å². The molecule has 1 aromatic heterocycles. The summed E-state index contributed by atoms with van der Waals surface area (Å²) in [6, 6.07) is 2.42. The number of aromatic nitrogens is 2. The lowest BCUT2D eigenvalue weighted by Crippen LogP contribution is -2.36. The molecule has 0 aliphatic rings. The number of nitriles is 1. The van der Waals surface area contributed by atoms with Gasteiger partial charge in [-0.3, -0.25) is 4.68 Å². The molecule has 17 heavy (non-hydrogen) atoms. The monoisotopic (exact) mass is 246 g/mol. The van der Waals surface area contributed by atoms with Gasteiger partial charge in [0.1, 0.15) is 5.54 Å². The Labute approximate surface area is 96.8 Å². The molecule has 2 N–H and O–H groups in total. The first-order chi connectivity index (χ1) is 7.65. The van der Waals surface area contributed by atoms with Crippen molar-refractivity contribution in [3.8, 4) is 6.07 Å². The van der Waals surface area contributed by atoms with Gasteiger partial charge in [0.05, 0.1) is 12.1 Å². The van der Waals surface area contributed by atoms with Crippen LogP contribution in [0.2, 0.25) is 0 Å². The first-order valence-electron chi connectivity index (χ1n) is 4.98. The lowest BCUT2D eigenvalue weighted by molar-refractivity contribution is -0.141. The van der Waals surface area contributed by atoms with E-state index in [9.17, 15) is 13.2 Å². The van der Waals surface area contributed by atoms with E-state index in [-0.39, 0.29) is 12.5 Å². The number of nitrogens with zero attached hydrogens (tertiary/aromatic N) is 3. The van der Waals surface area contributed by atoms with Gasteiger partial charge >= 0.3 is 6.18 Å². The Morgan fingerprint density at radius 3 is 2.59 bits per heavy atom. The molecule has 7 heteroatoms. The van der Waals surface area contributed by atoms with Crippen molar-refractivity contribution in [3.05, 3.63) is 18.0 Å². The van der Waals surface area contributed by atoms with Crippen LogP contribution in [0.3, 0.4) is 0 Å². The van der Waals surface area contributed by atoms with E-state index in [4.69, 9.17) is 11.0 Å². The van der Waals surface area contributed by atoms with Gasteiger partial charge in [-0.1, -0.05) is 0 Å². The summed E-state index contributed by atoms with van der Waals surface area (Å²) in [7, 11) is 0. The molecule has 0 aliphatic heterocycles. The van der Waals surface area contributed by atoms with E-state index in [0.717, 1.165) is 6.07 Å². The molecule has 1 rings (SSSR count). The minimum absolute atomic E-state index is 0.225. The Morgan fingerprint density at radius 2 is 2.18 bits per heavy atom. The molecular weight excluding hydrogens is 233 g/mol. The van der Waals surface area contributed by atoms with Crippen molar-refractivity contribution in [1.82, 2.24) is 9.78 Å². The average Bonchev–Trinajstić information content (AvgIpc) is 2.65. The smallest absolute Gasteiger partial charge is 0.314 e. The fourth-order valence-electron chi connectivity index (χ4n) is 1.49. The largest absolute Gasteiger partial charge is 0.435 e. The van der Waals surface area contributed by atoms with Crippen LogP contribution >= 0.6 is 0 Å². The summed E-state index contributed by atoms with van der Waals surface area (Å²) in [5, 5.41) is 12.2. The second-order valence-electron chi connectivity index (χ2n) is 4.26. The van der Waals surface area contributed by atoms with Gasteiger partial charge in [0.25, 0.3) is 0 Å². The lowest BCUT2D eigenvalue weighted by atomic mass is 9.97. The molecule has 0 aromatic carbocycles. The summed E-state index contributed by atoms with van der Waals surface area (Å²) in [5.41, 5.74) is 3.60. The van der Waals surface area contributed by atoms with Crippen LogP contribution in [0.25, 0.3) is 0 Å². The van der Waals surface area contributed by atoms with E-state index in [2.05, 4.69) is 5.10 Å². The molecule has 2 atom stereocenters. The highest BCUT2D eigenvalue weighted by molar-refractivity contribution is 5.06. The van der Waals surface area contributed by atoms with E-state index in [1.54, 1.807) is 6.92 Å². The minimum Gasteiger partial charge on any atom is -0.314 e. The number of hydrogen-bond acceptors (Lipinski definition) is 3. The predicted octanol–water partition coefficient (Wildman–Crippen LogP) is 2.09. The van der Waals surface area contributed by atoms with Gasteiger partial charge in [-0.15, -0.1) is 0 Å². The number of nitrogens with two attached hydrogens (primary N) is 1. The van der Waals surface area contributed by atoms with Crippen LogP contribution in [0.1, 0.15) is 32.0 Å². The minimum atomic E-state index is -4.45. The van der Waals surface area contributed by atoms with Gasteiger partial charge in [0, 0.05) is 12.6 Å². The van der Waals surface area contributed by atoms with Gasteiger partial charge in [-0.05, 0) is 19.9 Å². The first kappa shape index (κ1) is 13.5. The average molecular weight is 246 g/mol. The van der Waals surface area contributed by atoms with Crippen LogP contribution in [-0.2, 0) is 6.18 Å². The van der Waals surface area contributed by atoms with Crippen LogP contribution in [0, 0.1) is 11.3 Å². The van der Waals surface area contributed by atoms with Crippen molar-refractivity contribution in [3.63, 3.8) is 0 Å². The van der Waals surface area contributed by atoms with E-state index in [1.165, 1.54) is 17.8 Å². The summed E-state index contributed by atoms with van der Waals surface area (Å²) in [4.78, 5) is 0. The van der Waals surface area contributed by atoms with E-state index >= 15 is 0 Å². The highest BCUT2D eigenvalue weighted by Gasteiger charge is 2.34. The van der Waals surface area contributed by atoms with Crippen LogP contribution in [0.4, 0.5) is 13.2 Å². The second-order valence-corrected chi connectivity index (χ2v) is 4.26. The highest BCUT2D eigenvalue weighted by Crippen LogP contribution is 2.28. The molecule has 0 spiro atoms. The van der Waals surface area contributed by atoms with Crippen molar-refractivity contribution in [1.29, 1.82) is 5.26 Å². The molecule has 0 saturated heterocycles. The first-order valence-corrected chi connectivity index (χ1v) is 4.98. The summed E-state index contributed by atoms with van der Waals surface area (Å²) in [6.45, 7) is 3.19. The quantitative estimate of drug-likeness (QED) is 0.887. The topological polar surface area (TPSA) is 67.6 Å². The Balaban J connectivity index is 2.82. The molecule has 0 bridgehead atoms. The van der Waals surface area contributed by atoms with Crippen molar-refractivity contribution in [2.45, 2.75) is 38.0 Å². The Hall–Kier alpha value is -1.55. The fourth-order valence-corrected chi connectivity index (χ4v) is 1.49. The second kappa shape index (κ2) is 4.37. The molecule has 0 aliphatic carbocycles. The Bertz CT molecular complexity index is 427. The Kier molecular flexibility index (Phi) is 3.48. The lowest BCUT2D eigenvalue weighted by Gasteiger charge is -2.20. The van der Waals surface area contributed by atoms with E-state index in [1.807, 2.05) is 6.07 Å². The molecule has 0 radical (unpaired) electrons. The van der Waals surface area contributed by atoms with Crippen LogP contribution in [0.15, 0.2) is 12.3 Å². The molecule has 4 nitrogen and oxygen atoms in total. The Morgan fingerprint density at radius 1 is 1.59 bits per heavy atom. The van der Waals surface area contributed by atoms with E-state index < -0.39 is 17.4 Å². The predicted molar refractivity (Wildman–Crippen MR) is 54.8 cm³/mol. The standard InChI is InChI=1S/C10H13F3N4/c1-7(5-9(2,15)6-14)17-4-3-8(16-17)10(11,12)13/h3-4,7H,5,15H2,1-2H3. The zero-order valence-electron chi connectivity index (χ0n) is 9.49. The van der Waals surface area contributed by atoms with Gasteiger partial charge in [-0.25, -0.2) is 0 Å².